The van der Waals surface area contributed by atoms with Crippen LogP contribution in [-0.2, 0) is 12.1 Å². The van der Waals surface area contributed by atoms with E-state index in [0.717, 1.165) is 0 Å². The van der Waals surface area contributed by atoms with E-state index in [1.54, 1.807) is 0 Å². The summed E-state index contributed by atoms with van der Waals surface area (Å²) in [5.74, 6) is 1.64. The van der Waals surface area contributed by atoms with Gasteiger partial charge in [0.05, 0.1) is 0 Å². The van der Waals surface area contributed by atoms with Crippen LogP contribution in [0.15, 0.2) is 0 Å². The highest BCUT2D eigenvalue weighted by Gasteiger charge is 2.28. The Morgan fingerprint density at radius 3 is 2.09 bits per heavy atom. The second kappa shape index (κ2) is 4.27. The van der Waals surface area contributed by atoms with Crippen LogP contribution in [0, 0.1) is 0 Å². The zero-order valence-corrected chi connectivity index (χ0v) is 9.96. The SMILES string of the molecule is CC(=O)[O][Al]([CH3])[O][Si](C)(C)C. The Kier molecular flexibility index (Phi) is 4.34. The minimum atomic E-state index is -1.67. The molecule has 0 bridgehead atoms. The fourth-order valence-electron chi connectivity index (χ4n) is 0.756. The van der Waals surface area contributed by atoms with Crippen molar-refractivity contribution in [3.8, 4) is 0 Å². The Balaban J connectivity index is 3.69. The van der Waals surface area contributed by atoms with Gasteiger partial charge in [0.15, 0.2) is 8.32 Å². The Morgan fingerprint density at radius 2 is 1.82 bits per heavy atom. The molecule has 0 saturated carbocycles. The molecule has 0 aromatic rings. The molecule has 0 aliphatic heterocycles. The smallest absolute Gasteiger partial charge is 0.596 e. The van der Waals surface area contributed by atoms with Crippen molar-refractivity contribution in [2.75, 3.05) is 0 Å². The molecule has 11 heavy (non-hydrogen) atoms. The predicted molar refractivity (Wildman–Crippen MR) is 47.8 cm³/mol. The summed E-state index contributed by atoms with van der Waals surface area (Å²) in [4.78, 5) is 10.5. The molecule has 0 saturated heterocycles. The van der Waals surface area contributed by atoms with Crippen molar-refractivity contribution in [3.05, 3.63) is 0 Å². The zero-order chi connectivity index (χ0) is 9.07. The molecule has 0 aromatic carbocycles. The van der Waals surface area contributed by atoms with Gasteiger partial charge in [0.2, 0.25) is 0 Å². The summed E-state index contributed by atoms with van der Waals surface area (Å²) < 4.78 is 10.5. The Morgan fingerprint density at radius 1 is 1.36 bits per heavy atom. The minimum Gasteiger partial charge on any atom is -0.596 e. The fourth-order valence-corrected chi connectivity index (χ4v) is 5.40. The van der Waals surface area contributed by atoms with Gasteiger partial charge in [-0.25, -0.2) is 0 Å². The van der Waals surface area contributed by atoms with E-state index in [9.17, 15) is 4.79 Å². The van der Waals surface area contributed by atoms with E-state index in [0.29, 0.717) is 0 Å². The highest BCUT2D eigenvalue weighted by Crippen LogP contribution is 2.05. The van der Waals surface area contributed by atoms with E-state index in [2.05, 4.69) is 19.6 Å². The van der Waals surface area contributed by atoms with Gasteiger partial charge in [-0.15, -0.1) is 0 Å². The third-order valence-electron chi connectivity index (χ3n) is 0.851. The first-order chi connectivity index (χ1) is 4.81. The van der Waals surface area contributed by atoms with Crippen LogP contribution in [0.3, 0.4) is 0 Å². The highest BCUT2D eigenvalue weighted by atomic mass is 28.4. The number of carbonyl (C=O) groups excluding carboxylic acids is 1. The summed E-state index contributed by atoms with van der Waals surface area (Å²) in [6.45, 7) is 7.66. The largest absolute Gasteiger partial charge is 0.752 e. The van der Waals surface area contributed by atoms with E-state index in [1.165, 1.54) is 6.92 Å². The average Bonchev–Trinajstić information content (AvgIpc) is 1.53. The van der Waals surface area contributed by atoms with Crippen molar-refractivity contribution >= 4 is 29.1 Å². The van der Waals surface area contributed by atoms with Gasteiger partial charge < -0.3 is 7.27 Å². The number of hydrogen-bond donors (Lipinski definition) is 0. The second-order valence-electron chi connectivity index (χ2n) is 3.41. The molecular weight excluding hydrogens is 175 g/mol. The molecule has 0 aliphatic rings. The maximum absolute atomic E-state index is 10.5. The summed E-state index contributed by atoms with van der Waals surface area (Å²) in [7, 11) is -1.50. The Hall–Kier alpha value is 0.179. The summed E-state index contributed by atoms with van der Waals surface area (Å²) in [5.41, 5.74) is 0. The monoisotopic (exact) mass is 190 g/mol. The van der Waals surface area contributed by atoms with Crippen LogP contribution in [0.1, 0.15) is 6.92 Å². The topological polar surface area (TPSA) is 35.5 Å². The molecule has 3 nitrogen and oxygen atoms in total. The molecule has 0 fully saturated rings. The molecule has 0 N–H and O–H groups in total. The molecule has 0 heterocycles. The summed E-state index contributed by atoms with van der Waals surface area (Å²) in [5, 5.41) is 0. The van der Waals surface area contributed by atoms with Gasteiger partial charge in [0, 0.05) is 6.92 Å². The molecule has 0 radical (unpaired) electrons. The highest BCUT2D eigenvalue weighted by molar-refractivity contribution is 6.76. The van der Waals surface area contributed by atoms with Crippen LogP contribution in [0.2, 0.25) is 25.4 Å². The van der Waals surface area contributed by atoms with E-state index in [1.807, 2.05) is 5.79 Å². The molecule has 0 atom stereocenters. The van der Waals surface area contributed by atoms with Crippen molar-refractivity contribution < 1.29 is 12.1 Å². The van der Waals surface area contributed by atoms with Crippen LogP contribution < -0.4 is 0 Å². The van der Waals surface area contributed by atoms with E-state index in [-0.39, 0.29) is 5.97 Å². The van der Waals surface area contributed by atoms with Crippen LogP contribution in [0.25, 0.3) is 0 Å². The lowest BCUT2D eigenvalue weighted by Gasteiger charge is -2.20. The first-order valence-corrected chi connectivity index (χ1v) is 9.17. The number of rotatable bonds is 3. The normalized spacial score (nSPS) is 11.0. The van der Waals surface area contributed by atoms with Crippen LogP contribution in [0.5, 0.6) is 0 Å². The Bertz CT molecular complexity index is 143. The van der Waals surface area contributed by atoms with Crippen molar-refractivity contribution in [2.45, 2.75) is 32.4 Å². The molecular formula is C6H15AlO3Si. The van der Waals surface area contributed by atoms with E-state index < -0.39 is 23.1 Å². The van der Waals surface area contributed by atoms with Crippen molar-refractivity contribution in [1.82, 2.24) is 0 Å². The lowest BCUT2D eigenvalue weighted by molar-refractivity contribution is -0.132. The van der Waals surface area contributed by atoms with E-state index >= 15 is 0 Å². The van der Waals surface area contributed by atoms with Crippen molar-refractivity contribution in [2.24, 2.45) is 0 Å². The standard InChI is InChI=1S/C3H9OSi.C2H4O2.CH3.Al/c1-5(2,3)4;1-2(3)4;;/h1-3H3;1H3,(H,3,4);1H3;/q-1;;;+2/p-1. The van der Waals surface area contributed by atoms with Gasteiger partial charge in [-0.05, 0) is 25.4 Å². The molecule has 0 amide bonds. The second-order valence-corrected chi connectivity index (χ2v) is 9.95. The number of hydrogen-bond acceptors (Lipinski definition) is 3. The van der Waals surface area contributed by atoms with Gasteiger partial charge in [-0.1, -0.05) is 0 Å². The van der Waals surface area contributed by atoms with E-state index in [4.69, 9.17) is 7.27 Å². The fraction of sp³-hybridized carbons (Fsp3) is 0.833. The quantitative estimate of drug-likeness (QED) is 0.633. The summed E-state index contributed by atoms with van der Waals surface area (Å²) in [6, 6.07) is 0. The van der Waals surface area contributed by atoms with Gasteiger partial charge in [0.1, 0.15) is 0 Å². The average molecular weight is 190 g/mol. The van der Waals surface area contributed by atoms with Crippen LogP contribution in [0.4, 0.5) is 0 Å². The van der Waals surface area contributed by atoms with Gasteiger partial charge in [0.25, 0.3) is 5.97 Å². The molecule has 0 unspecified atom stereocenters. The maximum Gasteiger partial charge on any atom is 0.752 e. The van der Waals surface area contributed by atoms with Crippen molar-refractivity contribution in [1.29, 1.82) is 0 Å². The third kappa shape index (κ3) is 8.08. The zero-order valence-electron chi connectivity index (χ0n) is 7.80. The van der Waals surface area contributed by atoms with Gasteiger partial charge in [-0.3, -0.25) is 4.79 Å². The molecule has 0 aromatic heterocycles. The first-order valence-electron chi connectivity index (χ1n) is 3.66. The predicted octanol–water partition coefficient (Wildman–Crippen LogP) is 1.52. The minimum absolute atomic E-state index is 0.234. The van der Waals surface area contributed by atoms with Crippen molar-refractivity contribution in [3.63, 3.8) is 0 Å². The molecule has 0 spiro atoms. The first kappa shape index (κ1) is 11.2. The lowest BCUT2D eigenvalue weighted by Crippen LogP contribution is -2.35. The molecule has 0 aliphatic carbocycles. The number of carbonyl (C=O) groups is 1. The van der Waals surface area contributed by atoms with Crippen LogP contribution >= 0.6 is 0 Å². The van der Waals surface area contributed by atoms with Crippen LogP contribution in [-0.4, -0.2) is 29.1 Å². The summed E-state index contributed by atoms with van der Waals surface area (Å²) >= 11 is -1.67. The Labute approximate surface area is 73.9 Å². The molecule has 0 rings (SSSR count). The van der Waals surface area contributed by atoms with Gasteiger partial charge in [-0.2, -0.15) is 0 Å². The summed E-state index contributed by atoms with van der Waals surface area (Å²) in [6.07, 6.45) is 0. The molecule has 5 heteroatoms. The van der Waals surface area contributed by atoms with Gasteiger partial charge >= 0.3 is 14.8 Å². The maximum atomic E-state index is 10.5. The third-order valence-corrected chi connectivity index (χ3v) is 5.67. The lowest BCUT2D eigenvalue weighted by atomic mass is 10.9. The molecule has 64 valence electrons.